The maximum absolute atomic E-state index is 11.2. The molecule has 1 rings (SSSR count). The smallest absolute Gasteiger partial charge is 0.159 e. The summed E-state index contributed by atoms with van der Waals surface area (Å²) in [6, 6.07) is 0.328. The highest BCUT2D eigenvalue weighted by Crippen LogP contribution is 2.17. The lowest BCUT2D eigenvalue weighted by Crippen LogP contribution is -2.42. The fourth-order valence-electron chi connectivity index (χ4n) is 1.58. The molecule has 62 valence electrons. The summed E-state index contributed by atoms with van der Waals surface area (Å²) in [5.74, 6) is 0.353. The lowest BCUT2D eigenvalue weighted by molar-refractivity contribution is -0.119. The predicted octanol–water partition coefficient (Wildman–Crippen LogP) is 1.13. The first-order valence-electron chi connectivity index (χ1n) is 4.15. The van der Waals surface area contributed by atoms with E-state index in [4.69, 9.17) is 0 Å². The van der Waals surface area contributed by atoms with Crippen molar-refractivity contribution in [2.24, 2.45) is 5.92 Å². The van der Waals surface area contributed by atoms with Crippen molar-refractivity contribution < 1.29 is 4.79 Å². The zero-order chi connectivity index (χ0) is 8.27. The van der Waals surface area contributed by atoms with E-state index in [0.717, 1.165) is 19.4 Å². The Morgan fingerprint density at radius 1 is 1.73 bits per heavy atom. The normalized spacial score (nSPS) is 31.4. The van der Waals surface area contributed by atoms with Crippen molar-refractivity contribution in [3.63, 3.8) is 0 Å². The number of ketones is 1. The average Bonchev–Trinajstić information content (AvgIpc) is 2.04. The highest BCUT2D eigenvalue weighted by Gasteiger charge is 2.24. The maximum Gasteiger partial charge on any atom is 0.159 e. The first-order chi connectivity index (χ1) is 5.25. The number of carbonyl (C=O) groups is 1. The number of allylic oxidation sites excluding steroid dienone is 1. The van der Waals surface area contributed by atoms with Crippen LogP contribution in [0.25, 0.3) is 0 Å². The lowest BCUT2D eigenvalue weighted by atomic mass is 9.88. The standard InChI is InChI=1S/C9H15NO/c1-3-9(11)8-5-4-6-10-7(8)2/h3,7-8,10H,1,4-6H2,2H3/t7-,8-/m0/s1. The second-order valence-corrected chi connectivity index (χ2v) is 3.10. The maximum atomic E-state index is 11.2. The first-order valence-corrected chi connectivity index (χ1v) is 4.15. The molecule has 11 heavy (non-hydrogen) atoms. The number of hydrogen-bond acceptors (Lipinski definition) is 2. The Balaban J connectivity index is 2.53. The molecule has 2 heteroatoms. The van der Waals surface area contributed by atoms with Gasteiger partial charge in [-0.3, -0.25) is 4.79 Å². The third kappa shape index (κ3) is 1.90. The van der Waals surface area contributed by atoms with E-state index >= 15 is 0 Å². The van der Waals surface area contributed by atoms with E-state index in [2.05, 4.69) is 18.8 Å². The van der Waals surface area contributed by atoms with E-state index in [0.29, 0.717) is 6.04 Å². The Morgan fingerprint density at radius 3 is 3.00 bits per heavy atom. The van der Waals surface area contributed by atoms with Gasteiger partial charge in [0.2, 0.25) is 0 Å². The van der Waals surface area contributed by atoms with E-state index in [9.17, 15) is 4.79 Å². The number of hydrogen-bond donors (Lipinski definition) is 1. The number of rotatable bonds is 2. The predicted molar refractivity (Wildman–Crippen MR) is 45.4 cm³/mol. The van der Waals surface area contributed by atoms with Gasteiger partial charge in [0.05, 0.1) is 0 Å². The largest absolute Gasteiger partial charge is 0.314 e. The van der Waals surface area contributed by atoms with Crippen LogP contribution in [0.15, 0.2) is 12.7 Å². The van der Waals surface area contributed by atoms with E-state index < -0.39 is 0 Å². The van der Waals surface area contributed by atoms with E-state index in [1.54, 1.807) is 0 Å². The minimum absolute atomic E-state index is 0.168. The lowest BCUT2D eigenvalue weighted by Gasteiger charge is -2.27. The average molecular weight is 153 g/mol. The zero-order valence-corrected chi connectivity index (χ0v) is 6.97. The van der Waals surface area contributed by atoms with Gasteiger partial charge in [-0.15, -0.1) is 0 Å². The molecule has 0 aromatic heterocycles. The third-order valence-corrected chi connectivity index (χ3v) is 2.33. The number of carbonyl (C=O) groups excluding carboxylic acids is 1. The van der Waals surface area contributed by atoms with Crippen LogP contribution in [0, 0.1) is 5.92 Å². The van der Waals surface area contributed by atoms with Crippen molar-refractivity contribution in [1.82, 2.24) is 5.32 Å². The Labute approximate surface area is 67.7 Å². The van der Waals surface area contributed by atoms with Gasteiger partial charge < -0.3 is 5.32 Å². The van der Waals surface area contributed by atoms with Gasteiger partial charge in [0.15, 0.2) is 5.78 Å². The van der Waals surface area contributed by atoms with Crippen LogP contribution in [0.5, 0.6) is 0 Å². The molecule has 1 fully saturated rings. The summed E-state index contributed by atoms with van der Waals surface area (Å²) < 4.78 is 0. The van der Waals surface area contributed by atoms with Crippen molar-refractivity contribution in [2.75, 3.05) is 6.54 Å². The van der Waals surface area contributed by atoms with Crippen LogP contribution < -0.4 is 5.32 Å². The van der Waals surface area contributed by atoms with Crippen LogP contribution in [0.2, 0.25) is 0 Å². The molecule has 1 aliphatic heterocycles. The molecule has 2 nitrogen and oxygen atoms in total. The Kier molecular flexibility index (Phi) is 2.83. The minimum Gasteiger partial charge on any atom is -0.314 e. The molecule has 0 aromatic rings. The number of piperidine rings is 1. The van der Waals surface area contributed by atoms with Crippen molar-refractivity contribution in [3.8, 4) is 0 Å². The summed E-state index contributed by atoms with van der Waals surface area (Å²) in [6.07, 6.45) is 3.56. The molecule has 1 saturated heterocycles. The summed E-state index contributed by atoms with van der Waals surface area (Å²) in [6.45, 7) is 6.60. The van der Waals surface area contributed by atoms with Crippen LogP contribution in [-0.4, -0.2) is 18.4 Å². The highest BCUT2D eigenvalue weighted by atomic mass is 16.1. The topological polar surface area (TPSA) is 29.1 Å². The monoisotopic (exact) mass is 153 g/mol. The quantitative estimate of drug-likeness (QED) is 0.602. The number of nitrogens with one attached hydrogen (secondary N) is 1. The molecule has 0 aliphatic carbocycles. The van der Waals surface area contributed by atoms with E-state index in [1.165, 1.54) is 6.08 Å². The second kappa shape index (κ2) is 3.67. The molecule has 2 atom stereocenters. The molecule has 0 aromatic carbocycles. The fraction of sp³-hybridized carbons (Fsp3) is 0.667. The van der Waals surface area contributed by atoms with E-state index in [-0.39, 0.29) is 11.7 Å². The Bertz CT molecular complexity index is 165. The van der Waals surface area contributed by atoms with Gasteiger partial charge in [0.25, 0.3) is 0 Å². The summed E-state index contributed by atoms with van der Waals surface area (Å²) >= 11 is 0. The SMILES string of the molecule is C=CC(=O)[C@H]1CCCN[C@H]1C. The van der Waals surface area contributed by atoms with Crippen LogP contribution in [0.1, 0.15) is 19.8 Å². The zero-order valence-electron chi connectivity index (χ0n) is 6.97. The van der Waals surface area contributed by atoms with Crippen LogP contribution in [0.3, 0.4) is 0 Å². The van der Waals surface area contributed by atoms with E-state index in [1.807, 2.05) is 0 Å². The van der Waals surface area contributed by atoms with Crippen molar-refractivity contribution >= 4 is 5.78 Å². The van der Waals surface area contributed by atoms with Gasteiger partial charge in [-0.25, -0.2) is 0 Å². The van der Waals surface area contributed by atoms with Crippen LogP contribution in [0.4, 0.5) is 0 Å². The summed E-state index contributed by atoms with van der Waals surface area (Å²) in [5.41, 5.74) is 0. The van der Waals surface area contributed by atoms with Gasteiger partial charge in [-0.05, 0) is 32.4 Å². The molecule has 0 saturated carbocycles. The first kappa shape index (κ1) is 8.47. The Morgan fingerprint density at radius 2 is 2.45 bits per heavy atom. The molecule has 0 unspecified atom stereocenters. The molecule has 1 N–H and O–H groups in total. The summed E-state index contributed by atoms with van der Waals surface area (Å²) in [7, 11) is 0. The van der Waals surface area contributed by atoms with Gasteiger partial charge in [-0.1, -0.05) is 6.58 Å². The van der Waals surface area contributed by atoms with Crippen molar-refractivity contribution in [1.29, 1.82) is 0 Å². The molecular formula is C9H15NO. The van der Waals surface area contributed by atoms with Crippen LogP contribution >= 0.6 is 0 Å². The summed E-state index contributed by atoms with van der Waals surface area (Å²) in [4.78, 5) is 11.2. The molecule has 0 radical (unpaired) electrons. The van der Waals surface area contributed by atoms with Gasteiger partial charge in [0.1, 0.15) is 0 Å². The molecule has 1 aliphatic rings. The molecular weight excluding hydrogens is 138 g/mol. The van der Waals surface area contributed by atoms with Crippen molar-refractivity contribution in [2.45, 2.75) is 25.8 Å². The Hall–Kier alpha value is -0.630. The molecule has 0 amide bonds. The minimum atomic E-state index is 0.168. The van der Waals surface area contributed by atoms with Crippen LogP contribution in [-0.2, 0) is 4.79 Å². The fourth-order valence-corrected chi connectivity index (χ4v) is 1.58. The van der Waals surface area contributed by atoms with Gasteiger partial charge in [-0.2, -0.15) is 0 Å². The highest BCUT2D eigenvalue weighted by molar-refractivity contribution is 5.91. The second-order valence-electron chi connectivity index (χ2n) is 3.10. The molecule has 0 spiro atoms. The third-order valence-electron chi connectivity index (χ3n) is 2.33. The van der Waals surface area contributed by atoms with Gasteiger partial charge in [0, 0.05) is 12.0 Å². The molecule has 0 bridgehead atoms. The van der Waals surface area contributed by atoms with Crippen molar-refractivity contribution in [3.05, 3.63) is 12.7 Å². The summed E-state index contributed by atoms with van der Waals surface area (Å²) in [5, 5.41) is 3.28. The molecule has 1 heterocycles. The van der Waals surface area contributed by atoms with Gasteiger partial charge >= 0.3 is 0 Å².